The van der Waals surface area contributed by atoms with Gasteiger partial charge in [0.05, 0.1) is 12.2 Å². The fraction of sp³-hybridized carbons (Fsp3) is 1.00. The van der Waals surface area contributed by atoms with E-state index in [0.717, 1.165) is 25.9 Å². The Balaban J connectivity index is 1.41. The molecule has 1 heterocycles. The van der Waals surface area contributed by atoms with Crippen LogP contribution in [-0.4, -0.2) is 69.6 Å². The number of hydrogen-bond acceptors (Lipinski definition) is 4. The van der Waals surface area contributed by atoms with Crippen molar-refractivity contribution in [2.75, 3.05) is 46.6 Å². The van der Waals surface area contributed by atoms with E-state index in [9.17, 15) is 8.78 Å². The smallest absolute Gasteiger partial charge is 0.293 e. The van der Waals surface area contributed by atoms with Gasteiger partial charge in [-0.25, -0.2) is 8.78 Å². The second-order valence-electron chi connectivity index (χ2n) is 6.49. The van der Waals surface area contributed by atoms with Crippen LogP contribution in [0.5, 0.6) is 0 Å². The Morgan fingerprint density at radius 2 is 1.76 bits per heavy atom. The molecule has 0 amide bonds. The molecule has 0 unspecified atom stereocenters. The molecular formula is C15H27F2NO3. The van der Waals surface area contributed by atoms with Crippen molar-refractivity contribution in [3.05, 3.63) is 0 Å². The Morgan fingerprint density at radius 3 is 2.38 bits per heavy atom. The molecule has 4 nitrogen and oxygen atoms in total. The van der Waals surface area contributed by atoms with Crippen molar-refractivity contribution in [1.29, 1.82) is 0 Å². The molecule has 6 heteroatoms. The Labute approximate surface area is 125 Å². The third kappa shape index (κ3) is 6.14. The molecule has 0 radical (unpaired) electrons. The van der Waals surface area contributed by atoms with E-state index < -0.39 is 19.1 Å². The van der Waals surface area contributed by atoms with Gasteiger partial charge in [0.25, 0.3) is 5.92 Å². The second-order valence-corrected chi connectivity index (χ2v) is 6.49. The van der Waals surface area contributed by atoms with Crippen LogP contribution in [-0.2, 0) is 14.2 Å². The Kier molecular flexibility index (Phi) is 6.34. The first-order chi connectivity index (χ1) is 9.94. The van der Waals surface area contributed by atoms with Crippen molar-refractivity contribution in [3.8, 4) is 0 Å². The molecule has 0 atom stereocenters. The highest BCUT2D eigenvalue weighted by Gasteiger charge is 2.34. The van der Waals surface area contributed by atoms with Crippen molar-refractivity contribution in [2.24, 2.45) is 5.92 Å². The zero-order chi connectivity index (χ0) is 15.3. The van der Waals surface area contributed by atoms with Crippen molar-refractivity contribution in [3.63, 3.8) is 0 Å². The van der Waals surface area contributed by atoms with E-state index in [-0.39, 0.29) is 6.10 Å². The largest absolute Gasteiger partial charge is 0.375 e. The minimum Gasteiger partial charge on any atom is -0.375 e. The van der Waals surface area contributed by atoms with E-state index in [0.29, 0.717) is 31.7 Å². The van der Waals surface area contributed by atoms with Crippen molar-refractivity contribution in [1.82, 2.24) is 4.90 Å². The number of alkyl halides is 2. The maximum absolute atomic E-state index is 13.5. The highest BCUT2D eigenvalue weighted by Crippen LogP contribution is 2.30. The molecule has 1 aliphatic heterocycles. The summed E-state index contributed by atoms with van der Waals surface area (Å²) in [5, 5.41) is 0. The summed E-state index contributed by atoms with van der Waals surface area (Å²) in [7, 11) is 2.04. The number of nitrogens with zero attached hydrogens (tertiary/aromatic N) is 1. The summed E-state index contributed by atoms with van der Waals surface area (Å²) in [6, 6.07) is 0. The zero-order valence-corrected chi connectivity index (χ0v) is 13.0. The summed E-state index contributed by atoms with van der Waals surface area (Å²) >= 11 is 0. The molecule has 0 aromatic heterocycles. The number of ether oxygens (including phenoxy) is 3. The average molecular weight is 307 g/mol. The highest BCUT2D eigenvalue weighted by molar-refractivity contribution is 4.78. The van der Waals surface area contributed by atoms with Gasteiger partial charge in [0.2, 0.25) is 0 Å². The summed E-state index contributed by atoms with van der Waals surface area (Å²) in [6.07, 6.45) is 2.75. The minimum atomic E-state index is -2.89. The summed E-state index contributed by atoms with van der Waals surface area (Å²) in [5.41, 5.74) is 0. The van der Waals surface area contributed by atoms with Gasteiger partial charge in [-0.05, 0) is 32.2 Å². The SMILES string of the molecule is CC1CC(OCC(F)(F)COCCCOC2CN(C)C2)C1. The van der Waals surface area contributed by atoms with Gasteiger partial charge < -0.3 is 19.1 Å². The summed E-state index contributed by atoms with van der Waals surface area (Å²) in [5.74, 6) is -2.29. The predicted octanol–water partition coefficient (Wildman–Crippen LogP) is 2.17. The first-order valence-electron chi connectivity index (χ1n) is 7.82. The van der Waals surface area contributed by atoms with Gasteiger partial charge in [0.15, 0.2) is 0 Å². The number of likely N-dealkylation sites (tertiary alicyclic amines) is 1. The molecule has 2 aliphatic rings. The third-order valence-electron chi connectivity index (χ3n) is 3.99. The van der Waals surface area contributed by atoms with Gasteiger partial charge in [-0.2, -0.15) is 0 Å². The van der Waals surface area contributed by atoms with E-state index in [1.165, 1.54) is 0 Å². The molecule has 2 fully saturated rings. The summed E-state index contributed by atoms with van der Waals surface area (Å²) in [6.45, 7) is 3.78. The molecule has 0 aromatic rings. The molecule has 2 rings (SSSR count). The molecule has 21 heavy (non-hydrogen) atoms. The van der Waals surface area contributed by atoms with Crippen molar-refractivity contribution in [2.45, 2.75) is 44.3 Å². The summed E-state index contributed by atoms with van der Waals surface area (Å²) < 4.78 is 42.8. The molecular weight excluding hydrogens is 280 g/mol. The standard InChI is InChI=1S/C15H27F2NO3/c1-12-6-13(7-12)21-11-15(16,17)10-19-4-3-5-20-14-8-18(2)9-14/h12-14H,3-11H2,1-2H3. The Morgan fingerprint density at radius 1 is 1.05 bits per heavy atom. The molecule has 0 aromatic carbocycles. The fourth-order valence-corrected chi connectivity index (χ4v) is 2.63. The van der Waals surface area contributed by atoms with Gasteiger partial charge in [-0.3, -0.25) is 0 Å². The van der Waals surface area contributed by atoms with Crippen molar-refractivity contribution < 1.29 is 23.0 Å². The molecule has 1 saturated heterocycles. The fourth-order valence-electron chi connectivity index (χ4n) is 2.63. The predicted molar refractivity (Wildman–Crippen MR) is 75.8 cm³/mol. The average Bonchev–Trinajstić information content (AvgIpc) is 2.35. The molecule has 0 spiro atoms. The van der Waals surface area contributed by atoms with Crippen LogP contribution in [0.1, 0.15) is 26.2 Å². The van der Waals surface area contributed by atoms with E-state index >= 15 is 0 Å². The first-order valence-corrected chi connectivity index (χ1v) is 7.82. The van der Waals surface area contributed by atoms with E-state index in [2.05, 4.69) is 11.8 Å². The van der Waals surface area contributed by atoms with E-state index in [1.54, 1.807) is 0 Å². The van der Waals surface area contributed by atoms with Gasteiger partial charge in [-0.15, -0.1) is 0 Å². The van der Waals surface area contributed by atoms with Gasteiger partial charge >= 0.3 is 0 Å². The Hall–Kier alpha value is -0.300. The van der Waals surface area contributed by atoms with Crippen molar-refractivity contribution >= 4 is 0 Å². The topological polar surface area (TPSA) is 30.9 Å². The van der Waals surface area contributed by atoms with Gasteiger partial charge in [-0.1, -0.05) is 6.92 Å². The lowest BCUT2D eigenvalue weighted by Gasteiger charge is -2.35. The third-order valence-corrected chi connectivity index (χ3v) is 3.99. The van der Waals surface area contributed by atoms with Crippen LogP contribution in [0.25, 0.3) is 0 Å². The first kappa shape index (κ1) is 17.1. The van der Waals surface area contributed by atoms with E-state index in [4.69, 9.17) is 14.2 Å². The van der Waals surface area contributed by atoms with Crippen LogP contribution in [0, 0.1) is 5.92 Å². The van der Waals surface area contributed by atoms with Crippen LogP contribution < -0.4 is 0 Å². The monoisotopic (exact) mass is 307 g/mol. The molecule has 124 valence electrons. The maximum atomic E-state index is 13.5. The van der Waals surface area contributed by atoms with Crippen LogP contribution in [0.15, 0.2) is 0 Å². The quantitative estimate of drug-likeness (QED) is 0.579. The molecule has 1 saturated carbocycles. The number of likely N-dealkylation sites (N-methyl/N-ethyl adjacent to an activating group) is 1. The minimum absolute atomic E-state index is 0.0138. The maximum Gasteiger partial charge on any atom is 0.293 e. The normalized spacial score (nSPS) is 27.4. The van der Waals surface area contributed by atoms with Gasteiger partial charge in [0, 0.05) is 26.3 Å². The van der Waals surface area contributed by atoms with Gasteiger partial charge in [0.1, 0.15) is 13.2 Å². The number of rotatable bonds is 10. The second kappa shape index (κ2) is 7.81. The lowest BCUT2D eigenvalue weighted by molar-refractivity contribution is -0.154. The van der Waals surface area contributed by atoms with Crippen LogP contribution in [0.3, 0.4) is 0 Å². The van der Waals surface area contributed by atoms with E-state index in [1.807, 2.05) is 7.05 Å². The van der Waals surface area contributed by atoms with Crippen LogP contribution in [0.4, 0.5) is 8.78 Å². The molecule has 0 N–H and O–H groups in total. The highest BCUT2D eigenvalue weighted by atomic mass is 19.3. The van der Waals surface area contributed by atoms with Crippen LogP contribution >= 0.6 is 0 Å². The lowest BCUT2D eigenvalue weighted by atomic mass is 9.84. The zero-order valence-electron chi connectivity index (χ0n) is 13.0. The molecule has 1 aliphatic carbocycles. The van der Waals surface area contributed by atoms with Crippen LogP contribution in [0.2, 0.25) is 0 Å². The number of halogens is 2. The lowest BCUT2D eigenvalue weighted by Crippen LogP contribution is -2.49. The Bertz CT molecular complexity index is 305. The summed E-state index contributed by atoms with van der Waals surface area (Å²) in [4.78, 5) is 2.17. The number of hydrogen-bond donors (Lipinski definition) is 0. The molecule has 0 bridgehead atoms.